The average molecular weight is 606 g/mol. The van der Waals surface area contributed by atoms with Gasteiger partial charge in [-0.1, -0.05) is 52.5 Å². The molecule has 3 aromatic rings. The summed E-state index contributed by atoms with van der Waals surface area (Å²) in [5, 5.41) is 18.9. The number of hydrogen-bond donors (Lipinski definition) is 1. The van der Waals surface area contributed by atoms with E-state index in [0.29, 0.717) is 34.8 Å². The van der Waals surface area contributed by atoms with Gasteiger partial charge in [0.1, 0.15) is 28.1 Å². The number of rotatable bonds is 12. The number of pyridine rings is 1. The molecule has 0 unspecified atom stereocenters. The van der Waals surface area contributed by atoms with Crippen molar-refractivity contribution in [2.75, 3.05) is 32.2 Å². The fourth-order valence-corrected chi connectivity index (χ4v) is 7.24. The van der Waals surface area contributed by atoms with Gasteiger partial charge in [0.2, 0.25) is 21.9 Å². The molecule has 226 valence electrons. The zero-order valence-corrected chi connectivity index (χ0v) is 27.5. The van der Waals surface area contributed by atoms with E-state index in [9.17, 15) is 13.5 Å². The number of sulfonamides is 1. The Morgan fingerprint density at radius 2 is 1.56 bits per heavy atom. The number of methoxy groups -OCH3 is 3. The predicted octanol–water partition coefficient (Wildman–Crippen LogP) is 4.63. The third kappa shape index (κ3) is 7.01. The first-order valence-corrected chi connectivity index (χ1v) is 18.7. The summed E-state index contributed by atoms with van der Waals surface area (Å²) in [5.41, 5.74) is 0.141. The van der Waals surface area contributed by atoms with Crippen molar-refractivity contribution in [2.45, 2.75) is 64.7 Å². The maximum absolute atomic E-state index is 14.4. The van der Waals surface area contributed by atoms with Crippen LogP contribution in [-0.4, -0.2) is 80.6 Å². The Hall–Kier alpha value is -3.16. The highest BCUT2D eigenvalue weighted by Gasteiger charge is 2.42. The van der Waals surface area contributed by atoms with E-state index in [1.165, 1.54) is 32.6 Å². The SMILES string of the molecule is COc1cccc(-c2nnc(N(CC[Si](C)(C)C)S(=O)(=O)[C@H](C)[C@H](O)C(C)(C)C)n2-c2c(OC)cccc2OC)n1. The van der Waals surface area contributed by atoms with E-state index in [4.69, 9.17) is 14.2 Å². The summed E-state index contributed by atoms with van der Waals surface area (Å²) in [6.45, 7) is 13.6. The molecule has 0 saturated heterocycles. The van der Waals surface area contributed by atoms with Gasteiger partial charge in [0, 0.05) is 20.7 Å². The predicted molar refractivity (Wildman–Crippen MR) is 164 cm³/mol. The Morgan fingerprint density at radius 3 is 2.07 bits per heavy atom. The zero-order chi connectivity index (χ0) is 30.8. The molecule has 2 aromatic heterocycles. The van der Waals surface area contributed by atoms with Crippen LogP contribution in [0.3, 0.4) is 0 Å². The van der Waals surface area contributed by atoms with Crippen LogP contribution in [0.4, 0.5) is 5.95 Å². The van der Waals surface area contributed by atoms with Crippen molar-refractivity contribution in [3.8, 4) is 34.6 Å². The van der Waals surface area contributed by atoms with E-state index in [1.54, 1.807) is 41.0 Å². The second-order valence-corrected chi connectivity index (χ2v) is 20.0. The molecule has 1 aromatic carbocycles. The molecule has 0 amide bonds. The molecule has 41 heavy (non-hydrogen) atoms. The fraction of sp³-hybridized carbons (Fsp3) is 0.536. The third-order valence-corrected chi connectivity index (χ3v) is 10.7. The highest BCUT2D eigenvalue weighted by Crippen LogP contribution is 2.40. The first kappa shape index (κ1) is 32.4. The minimum Gasteiger partial charge on any atom is -0.494 e. The van der Waals surface area contributed by atoms with E-state index >= 15 is 0 Å². The van der Waals surface area contributed by atoms with Crippen molar-refractivity contribution >= 4 is 24.0 Å². The smallest absolute Gasteiger partial charge is 0.246 e. The molecule has 0 bridgehead atoms. The summed E-state index contributed by atoms with van der Waals surface area (Å²) in [6, 6.07) is 11.1. The molecule has 3 rings (SSSR count). The summed E-state index contributed by atoms with van der Waals surface area (Å²) >= 11 is 0. The molecule has 2 heterocycles. The van der Waals surface area contributed by atoms with E-state index in [-0.39, 0.29) is 18.3 Å². The molecule has 11 nitrogen and oxygen atoms in total. The number of para-hydroxylation sites is 1. The van der Waals surface area contributed by atoms with Gasteiger partial charge < -0.3 is 19.3 Å². The van der Waals surface area contributed by atoms with Gasteiger partial charge in [-0.25, -0.2) is 17.7 Å². The monoisotopic (exact) mass is 605 g/mol. The topological polar surface area (TPSA) is 129 Å². The standard InChI is InChI=1S/C28H43N5O6SSi/c1-19(25(34)28(2,3)4)40(35,36)32(17-18-41(8,9)10)27-31-30-26(20-13-11-16-23(29-20)39-7)33(27)24-21(37-5)14-12-15-22(24)38-6/h11-16,19,25,34H,17-18H2,1-10H3/t19-,25+/m1/s1. The molecule has 13 heteroatoms. The number of nitrogens with zero attached hydrogens (tertiary/aromatic N) is 5. The zero-order valence-electron chi connectivity index (χ0n) is 25.7. The van der Waals surface area contributed by atoms with Crippen LogP contribution >= 0.6 is 0 Å². The van der Waals surface area contributed by atoms with Gasteiger partial charge in [0.25, 0.3) is 0 Å². The fourth-order valence-electron chi connectivity index (χ4n) is 4.36. The Balaban J connectivity index is 2.41. The first-order valence-electron chi connectivity index (χ1n) is 13.4. The van der Waals surface area contributed by atoms with Gasteiger partial charge in [-0.2, -0.15) is 0 Å². The molecule has 2 atom stereocenters. The number of benzene rings is 1. The maximum atomic E-state index is 14.4. The number of aromatic nitrogens is 4. The van der Waals surface area contributed by atoms with Crippen LogP contribution in [0.5, 0.6) is 17.4 Å². The lowest BCUT2D eigenvalue weighted by Crippen LogP contribution is -2.49. The lowest BCUT2D eigenvalue weighted by atomic mass is 9.87. The third-order valence-electron chi connectivity index (χ3n) is 6.83. The second kappa shape index (κ2) is 12.4. The second-order valence-electron chi connectivity index (χ2n) is 12.2. The molecule has 0 saturated carbocycles. The molecule has 0 radical (unpaired) electrons. The van der Waals surface area contributed by atoms with Crippen molar-refractivity contribution in [2.24, 2.45) is 5.41 Å². The average Bonchev–Trinajstić information content (AvgIpc) is 3.34. The minimum absolute atomic E-state index is 0.0404. The van der Waals surface area contributed by atoms with Gasteiger partial charge in [0.05, 0.1) is 27.4 Å². The lowest BCUT2D eigenvalue weighted by molar-refractivity contribution is 0.0625. The number of ether oxygens (including phenoxy) is 3. The normalized spacial score (nSPS) is 13.9. The summed E-state index contributed by atoms with van der Waals surface area (Å²) < 4.78 is 48.4. The molecule has 0 aliphatic rings. The van der Waals surface area contributed by atoms with E-state index in [0.717, 1.165) is 0 Å². The highest BCUT2D eigenvalue weighted by atomic mass is 32.2. The van der Waals surface area contributed by atoms with Crippen molar-refractivity contribution in [3.63, 3.8) is 0 Å². The minimum atomic E-state index is -4.15. The molecule has 0 aliphatic carbocycles. The van der Waals surface area contributed by atoms with Gasteiger partial charge in [-0.05, 0) is 36.6 Å². The Bertz CT molecular complexity index is 1430. The Labute approximate surface area is 244 Å². The number of aliphatic hydroxyl groups is 1. The summed E-state index contributed by atoms with van der Waals surface area (Å²) in [6.07, 6.45) is -1.14. The molecular weight excluding hydrogens is 562 g/mol. The van der Waals surface area contributed by atoms with Crippen molar-refractivity contribution in [3.05, 3.63) is 36.4 Å². The van der Waals surface area contributed by atoms with E-state index in [2.05, 4.69) is 34.8 Å². The van der Waals surface area contributed by atoms with Gasteiger partial charge in [0.15, 0.2) is 5.82 Å². The van der Waals surface area contributed by atoms with Crippen LogP contribution < -0.4 is 18.5 Å². The molecule has 0 fully saturated rings. The molecule has 0 aliphatic heterocycles. The van der Waals surface area contributed by atoms with Crippen LogP contribution in [0.25, 0.3) is 17.2 Å². The highest BCUT2D eigenvalue weighted by molar-refractivity contribution is 7.93. The number of aliphatic hydroxyl groups excluding tert-OH is 1. The molecular formula is C28H43N5O6SSi. The van der Waals surface area contributed by atoms with E-state index < -0.39 is 34.9 Å². The van der Waals surface area contributed by atoms with Crippen LogP contribution in [0.15, 0.2) is 36.4 Å². The summed E-state index contributed by atoms with van der Waals surface area (Å²) in [4.78, 5) is 4.55. The molecule has 1 N–H and O–H groups in total. The first-order chi connectivity index (χ1) is 19.1. The quantitative estimate of drug-likeness (QED) is 0.294. The Morgan fingerprint density at radius 1 is 0.976 bits per heavy atom. The van der Waals surface area contributed by atoms with Crippen LogP contribution in [-0.2, 0) is 10.0 Å². The van der Waals surface area contributed by atoms with Gasteiger partial charge >= 0.3 is 0 Å². The summed E-state index contributed by atoms with van der Waals surface area (Å²) in [5.74, 6) is 1.49. The van der Waals surface area contributed by atoms with Crippen molar-refractivity contribution in [1.29, 1.82) is 0 Å². The molecule has 0 spiro atoms. The Kier molecular flexibility index (Phi) is 9.76. The number of anilines is 1. The number of hydrogen-bond acceptors (Lipinski definition) is 9. The maximum Gasteiger partial charge on any atom is 0.246 e. The van der Waals surface area contributed by atoms with Crippen LogP contribution in [0, 0.1) is 5.41 Å². The van der Waals surface area contributed by atoms with Crippen LogP contribution in [0.1, 0.15) is 27.7 Å². The van der Waals surface area contributed by atoms with Crippen LogP contribution in [0.2, 0.25) is 25.7 Å². The van der Waals surface area contributed by atoms with Gasteiger partial charge in [-0.3, -0.25) is 4.57 Å². The summed E-state index contributed by atoms with van der Waals surface area (Å²) in [7, 11) is -1.34. The largest absolute Gasteiger partial charge is 0.494 e. The van der Waals surface area contributed by atoms with Gasteiger partial charge in [-0.15, -0.1) is 10.2 Å². The van der Waals surface area contributed by atoms with Crippen molar-refractivity contribution < 1.29 is 27.7 Å². The lowest BCUT2D eigenvalue weighted by Gasteiger charge is -2.35. The van der Waals surface area contributed by atoms with Crippen molar-refractivity contribution in [1.82, 2.24) is 19.7 Å². The van der Waals surface area contributed by atoms with E-state index in [1.807, 2.05) is 20.8 Å².